The zero-order valence-electron chi connectivity index (χ0n) is 15.2. The normalized spacial score (nSPS) is 19.4. The Morgan fingerprint density at radius 1 is 1.22 bits per heavy atom. The number of carbonyl (C=O) groups is 1. The highest BCUT2D eigenvalue weighted by Crippen LogP contribution is 2.29. The van der Waals surface area contributed by atoms with E-state index in [0.717, 1.165) is 17.7 Å². The third kappa shape index (κ3) is 5.06. The van der Waals surface area contributed by atoms with Gasteiger partial charge in [-0.1, -0.05) is 104 Å². The van der Waals surface area contributed by atoms with Gasteiger partial charge in [-0.25, -0.2) is 0 Å². The molecule has 2 aromatic carbocycles. The molecule has 0 aliphatic carbocycles. The Kier molecular flexibility index (Phi) is 6.83. The van der Waals surface area contributed by atoms with Gasteiger partial charge in [0.1, 0.15) is 4.32 Å². The standard InChI is InChI=1S/C22H23NO2S2/c1-16(20(24)13-12-17-8-4-2-5-9-17)21(25)23-19(15-27-22(23)26)14-18-10-6-3-7-11-18/h2-13,16,19-20,24H,14-15H2,1H3/b13-12+/t16-,19-,20-/m0/s1. The lowest BCUT2D eigenvalue weighted by molar-refractivity contribution is -0.134. The molecule has 0 bridgehead atoms. The highest BCUT2D eigenvalue weighted by Gasteiger charge is 2.37. The van der Waals surface area contributed by atoms with Crippen LogP contribution in [0.15, 0.2) is 66.7 Å². The number of nitrogens with zero attached hydrogens (tertiary/aromatic N) is 1. The molecular weight excluding hydrogens is 374 g/mol. The van der Waals surface area contributed by atoms with E-state index in [-0.39, 0.29) is 11.9 Å². The van der Waals surface area contributed by atoms with E-state index in [0.29, 0.717) is 4.32 Å². The molecule has 0 spiro atoms. The quantitative estimate of drug-likeness (QED) is 0.743. The second-order valence-corrected chi connectivity index (χ2v) is 8.33. The maximum atomic E-state index is 13.0. The van der Waals surface area contributed by atoms with E-state index in [9.17, 15) is 9.90 Å². The van der Waals surface area contributed by atoms with Crippen LogP contribution in [0.1, 0.15) is 18.1 Å². The fourth-order valence-corrected chi connectivity index (χ4v) is 4.50. The Morgan fingerprint density at radius 3 is 2.52 bits per heavy atom. The summed E-state index contributed by atoms with van der Waals surface area (Å²) in [5, 5.41) is 10.5. The summed E-state index contributed by atoms with van der Waals surface area (Å²) >= 11 is 6.96. The highest BCUT2D eigenvalue weighted by atomic mass is 32.2. The fourth-order valence-electron chi connectivity index (χ4n) is 3.07. The Balaban J connectivity index is 1.68. The van der Waals surface area contributed by atoms with E-state index in [2.05, 4.69) is 12.1 Å². The number of benzene rings is 2. The van der Waals surface area contributed by atoms with Crippen LogP contribution in [0.5, 0.6) is 0 Å². The minimum absolute atomic E-state index is 0.0325. The van der Waals surface area contributed by atoms with Gasteiger partial charge in [-0.05, 0) is 17.5 Å². The molecule has 27 heavy (non-hydrogen) atoms. The van der Waals surface area contributed by atoms with Crippen molar-refractivity contribution >= 4 is 40.3 Å². The van der Waals surface area contributed by atoms with Crippen molar-refractivity contribution in [3.8, 4) is 0 Å². The maximum Gasteiger partial charge on any atom is 0.234 e. The predicted octanol–water partition coefficient (Wildman–Crippen LogP) is 4.17. The largest absolute Gasteiger partial charge is 0.388 e. The summed E-state index contributed by atoms with van der Waals surface area (Å²) in [7, 11) is 0. The molecule has 1 N–H and O–H groups in total. The summed E-state index contributed by atoms with van der Waals surface area (Å²) in [4.78, 5) is 14.7. The van der Waals surface area contributed by atoms with Gasteiger partial charge in [-0.3, -0.25) is 9.69 Å². The van der Waals surface area contributed by atoms with Gasteiger partial charge < -0.3 is 5.11 Å². The van der Waals surface area contributed by atoms with Crippen LogP contribution in [-0.2, 0) is 11.2 Å². The van der Waals surface area contributed by atoms with Crippen LogP contribution in [0.25, 0.3) is 6.08 Å². The first-order valence-corrected chi connectivity index (χ1v) is 10.4. The lowest BCUT2D eigenvalue weighted by atomic mass is 9.99. The third-order valence-electron chi connectivity index (χ3n) is 4.70. The van der Waals surface area contributed by atoms with Crippen molar-refractivity contribution in [1.29, 1.82) is 0 Å². The van der Waals surface area contributed by atoms with Gasteiger partial charge in [0, 0.05) is 5.75 Å². The molecule has 1 aliphatic heterocycles. The van der Waals surface area contributed by atoms with E-state index in [1.54, 1.807) is 17.9 Å². The Bertz CT molecular complexity index is 808. The highest BCUT2D eigenvalue weighted by molar-refractivity contribution is 8.23. The van der Waals surface area contributed by atoms with E-state index >= 15 is 0 Å². The molecule has 0 radical (unpaired) electrons. The maximum absolute atomic E-state index is 13.0. The molecule has 3 rings (SSSR count). The summed E-state index contributed by atoms with van der Waals surface area (Å²) < 4.78 is 0.604. The molecule has 1 aliphatic rings. The average Bonchev–Trinajstić information content (AvgIpc) is 3.06. The topological polar surface area (TPSA) is 40.5 Å². The predicted molar refractivity (Wildman–Crippen MR) is 116 cm³/mol. The molecule has 0 aromatic heterocycles. The molecule has 3 atom stereocenters. The van der Waals surface area contributed by atoms with E-state index in [1.165, 1.54) is 17.3 Å². The van der Waals surface area contributed by atoms with Gasteiger partial charge in [-0.15, -0.1) is 0 Å². The lowest BCUT2D eigenvalue weighted by Gasteiger charge is -2.28. The molecule has 1 amide bonds. The van der Waals surface area contributed by atoms with Gasteiger partial charge in [0.25, 0.3) is 0 Å². The van der Waals surface area contributed by atoms with Crippen LogP contribution in [-0.4, -0.2) is 38.1 Å². The summed E-state index contributed by atoms with van der Waals surface area (Å²) in [6, 6.07) is 19.9. The molecule has 2 aromatic rings. The van der Waals surface area contributed by atoms with Crippen LogP contribution < -0.4 is 0 Å². The van der Waals surface area contributed by atoms with Crippen molar-refractivity contribution < 1.29 is 9.90 Å². The molecule has 1 heterocycles. The monoisotopic (exact) mass is 397 g/mol. The second-order valence-electron chi connectivity index (χ2n) is 6.68. The van der Waals surface area contributed by atoms with Crippen LogP contribution >= 0.6 is 24.0 Å². The average molecular weight is 398 g/mol. The Morgan fingerprint density at radius 2 is 1.85 bits per heavy atom. The summed E-state index contributed by atoms with van der Waals surface area (Å²) in [6.07, 6.45) is 3.43. The zero-order valence-corrected chi connectivity index (χ0v) is 16.8. The smallest absolute Gasteiger partial charge is 0.234 e. The van der Waals surface area contributed by atoms with E-state index < -0.39 is 12.0 Å². The van der Waals surface area contributed by atoms with Crippen molar-refractivity contribution in [2.24, 2.45) is 5.92 Å². The number of hydrogen-bond acceptors (Lipinski definition) is 4. The number of hydrogen-bond donors (Lipinski definition) is 1. The van der Waals surface area contributed by atoms with Crippen LogP contribution in [0, 0.1) is 5.92 Å². The van der Waals surface area contributed by atoms with Crippen LogP contribution in [0.3, 0.4) is 0 Å². The molecule has 140 valence electrons. The molecule has 3 nitrogen and oxygen atoms in total. The number of aliphatic hydroxyl groups is 1. The number of thioether (sulfide) groups is 1. The van der Waals surface area contributed by atoms with Crippen molar-refractivity contribution in [3.05, 3.63) is 77.9 Å². The van der Waals surface area contributed by atoms with Crippen LogP contribution in [0.2, 0.25) is 0 Å². The van der Waals surface area contributed by atoms with Crippen molar-refractivity contribution in [1.82, 2.24) is 4.90 Å². The van der Waals surface area contributed by atoms with E-state index in [4.69, 9.17) is 12.2 Å². The minimum atomic E-state index is -0.858. The molecule has 1 saturated heterocycles. The number of thiocarbonyl (C=S) groups is 1. The summed E-state index contributed by atoms with van der Waals surface area (Å²) in [5.41, 5.74) is 2.17. The van der Waals surface area contributed by atoms with Crippen molar-refractivity contribution in [2.45, 2.75) is 25.5 Å². The minimum Gasteiger partial charge on any atom is -0.388 e. The van der Waals surface area contributed by atoms with Gasteiger partial charge in [0.15, 0.2) is 0 Å². The van der Waals surface area contributed by atoms with Gasteiger partial charge >= 0.3 is 0 Å². The fraction of sp³-hybridized carbons (Fsp3) is 0.273. The number of aliphatic hydroxyl groups excluding tert-OH is 1. The molecular formula is C22H23NO2S2. The SMILES string of the molecule is C[C@H](C(=O)N1C(=S)SC[C@@H]1Cc1ccccc1)[C@@H](O)/C=C/c1ccccc1. The first kappa shape index (κ1) is 19.8. The third-order valence-corrected chi connectivity index (χ3v) is 6.25. The van der Waals surface area contributed by atoms with Crippen LogP contribution in [0.4, 0.5) is 0 Å². The van der Waals surface area contributed by atoms with Gasteiger partial charge in [0.05, 0.1) is 18.1 Å². The van der Waals surface area contributed by atoms with Gasteiger partial charge in [-0.2, -0.15) is 0 Å². The summed E-state index contributed by atoms with van der Waals surface area (Å²) in [6.45, 7) is 1.76. The first-order chi connectivity index (χ1) is 13.1. The Hall–Kier alpha value is -1.95. The number of rotatable bonds is 6. The molecule has 0 saturated carbocycles. The number of carbonyl (C=O) groups excluding carboxylic acids is 1. The Labute approximate surface area is 170 Å². The zero-order chi connectivity index (χ0) is 19.2. The van der Waals surface area contributed by atoms with Gasteiger partial charge in [0.2, 0.25) is 5.91 Å². The van der Waals surface area contributed by atoms with E-state index in [1.807, 2.05) is 54.6 Å². The molecule has 1 fully saturated rings. The second kappa shape index (κ2) is 9.31. The van der Waals surface area contributed by atoms with Crippen molar-refractivity contribution in [2.75, 3.05) is 5.75 Å². The first-order valence-electron chi connectivity index (χ1n) is 9.01. The summed E-state index contributed by atoms with van der Waals surface area (Å²) in [5.74, 6) is 0.123. The van der Waals surface area contributed by atoms with Crippen molar-refractivity contribution in [3.63, 3.8) is 0 Å². The number of amides is 1. The molecule has 0 unspecified atom stereocenters. The lowest BCUT2D eigenvalue weighted by Crippen LogP contribution is -2.45. The molecule has 5 heteroatoms.